The number of benzene rings is 1. The molecule has 1 fully saturated rings. The first kappa shape index (κ1) is 8.59. The van der Waals surface area contributed by atoms with E-state index in [0.717, 1.165) is 24.3 Å². The van der Waals surface area contributed by atoms with Crippen LogP contribution in [-0.4, -0.2) is 18.1 Å². The molecule has 0 unspecified atom stereocenters. The molecule has 0 saturated carbocycles. The molecule has 0 spiro atoms. The highest BCUT2D eigenvalue weighted by atomic mass is 16.4. The molecule has 3 rings (SSSR count). The summed E-state index contributed by atoms with van der Waals surface area (Å²) in [6.07, 6.45) is 2.43. The zero-order chi connectivity index (χ0) is 10.3. The van der Waals surface area contributed by atoms with Crippen molar-refractivity contribution in [3.8, 4) is 0 Å². The summed E-state index contributed by atoms with van der Waals surface area (Å²) in [6, 6.07) is 5.81. The number of nitrogens with one attached hydrogen (secondary N) is 1. The standard InChI is InChI=1S/C11H12N2O2/c14-11-12-8-4-3-5-9(10(8)15-11)13-6-1-2-7-13/h3-5H,1-2,6-7H2,(H,12,14). The monoisotopic (exact) mass is 204 g/mol. The van der Waals surface area contributed by atoms with Gasteiger partial charge in [0.25, 0.3) is 0 Å². The van der Waals surface area contributed by atoms with Crippen LogP contribution in [0.1, 0.15) is 12.8 Å². The van der Waals surface area contributed by atoms with Crippen LogP contribution in [0.3, 0.4) is 0 Å². The molecule has 1 N–H and O–H groups in total. The molecule has 0 aliphatic carbocycles. The van der Waals surface area contributed by atoms with E-state index < -0.39 is 0 Å². The number of hydrogen-bond acceptors (Lipinski definition) is 3. The van der Waals surface area contributed by atoms with E-state index in [1.54, 1.807) is 0 Å². The maximum absolute atomic E-state index is 11.1. The number of hydrogen-bond donors (Lipinski definition) is 1. The van der Waals surface area contributed by atoms with E-state index in [1.165, 1.54) is 12.8 Å². The normalized spacial score (nSPS) is 16.4. The van der Waals surface area contributed by atoms with Crippen molar-refractivity contribution in [1.82, 2.24) is 4.98 Å². The average Bonchev–Trinajstić information content (AvgIpc) is 2.82. The van der Waals surface area contributed by atoms with Crippen molar-refractivity contribution in [3.05, 3.63) is 28.7 Å². The number of anilines is 1. The summed E-state index contributed by atoms with van der Waals surface area (Å²) in [5.74, 6) is -0.378. The highest BCUT2D eigenvalue weighted by molar-refractivity contribution is 5.86. The lowest BCUT2D eigenvalue weighted by molar-refractivity contribution is 0.555. The number of rotatable bonds is 1. The second-order valence-corrected chi connectivity index (χ2v) is 3.86. The maximum atomic E-state index is 11.1. The lowest BCUT2D eigenvalue weighted by Gasteiger charge is -2.16. The van der Waals surface area contributed by atoms with Gasteiger partial charge in [-0.3, -0.25) is 4.98 Å². The molecular formula is C11H12N2O2. The summed E-state index contributed by atoms with van der Waals surface area (Å²) in [7, 11) is 0. The van der Waals surface area contributed by atoms with Crippen LogP contribution in [0.25, 0.3) is 11.1 Å². The lowest BCUT2D eigenvalue weighted by Crippen LogP contribution is -2.17. The number of nitrogens with zero attached hydrogens (tertiary/aromatic N) is 1. The van der Waals surface area contributed by atoms with Gasteiger partial charge in [0, 0.05) is 13.1 Å². The Balaban J connectivity index is 2.20. The topological polar surface area (TPSA) is 49.2 Å². The molecular weight excluding hydrogens is 192 g/mol. The molecule has 0 atom stereocenters. The van der Waals surface area contributed by atoms with Gasteiger partial charge in [0.1, 0.15) is 0 Å². The SMILES string of the molecule is O=c1[nH]c2cccc(N3CCCC3)c2o1. The molecule has 1 aliphatic rings. The van der Waals surface area contributed by atoms with E-state index in [4.69, 9.17) is 4.42 Å². The molecule has 4 heteroatoms. The molecule has 2 aromatic rings. The molecule has 1 saturated heterocycles. The summed E-state index contributed by atoms with van der Waals surface area (Å²) in [4.78, 5) is 16.1. The molecule has 1 aliphatic heterocycles. The van der Waals surface area contributed by atoms with Gasteiger partial charge in [-0.15, -0.1) is 0 Å². The van der Waals surface area contributed by atoms with E-state index in [1.807, 2.05) is 18.2 Å². The quantitative estimate of drug-likeness (QED) is 0.769. The highest BCUT2D eigenvalue weighted by Crippen LogP contribution is 2.27. The second-order valence-electron chi connectivity index (χ2n) is 3.86. The van der Waals surface area contributed by atoms with Gasteiger partial charge in [-0.05, 0) is 25.0 Å². The Kier molecular flexibility index (Phi) is 1.80. The highest BCUT2D eigenvalue weighted by Gasteiger charge is 2.16. The predicted octanol–water partition coefficient (Wildman–Crippen LogP) is 1.72. The predicted molar refractivity (Wildman–Crippen MR) is 58.3 cm³/mol. The smallest absolute Gasteiger partial charge is 0.406 e. The van der Waals surface area contributed by atoms with Crippen molar-refractivity contribution >= 4 is 16.8 Å². The second kappa shape index (κ2) is 3.15. The number of oxazole rings is 1. The van der Waals surface area contributed by atoms with Crippen molar-refractivity contribution in [2.24, 2.45) is 0 Å². The van der Waals surface area contributed by atoms with Crippen LogP contribution < -0.4 is 10.7 Å². The number of aromatic amines is 1. The van der Waals surface area contributed by atoms with Crippen LogP contribution in [-0.2, 0) is 0 Å². The van der Waals surface area contributed by atoms with Crippen molar-refractivity contribution in [1.29, 1.82) is 0 Å². The third-order valence-corrected chi connectivity index (χ3v) is 2.87. The van der Waals surface area contributed by atoms with E-state index >= 15 is 0 Å². The van der Waals surface area contributed by atoms with Crippen molar-refractivity contribution < 1.29 is 4.42 Å². The molecule has 4 nitrogen and oxygen atoms in total. The van der Waals surface area contributed by atoms with Gasteiger partial charge < -0.3 is 9.32 Å². The fraction of sp³-hybridized carbons (Fsp3) is 0.364. The van der Waals surface area contributed by atoms with E-state index in [9.17, 15) is 4.79 Å². The Morgan fingerprint density at radius 1 is 1.27 bits per heavy atom. The van der Waals surface area contributed by atoms with E-state index in [2.05, 4.69) is 9.88 Å². The van der Waals surface area contributed by atoms with E-state index in [0.29, 0.717) is 5.58 Å². The average molecular weight is 204 g/mol. The van der Waals surface area contributed by atoms with Crippen molar-refractivity contribution in [3.63, 3.8) is 0 Å². The van der Waals surface area contributed by atoms with Crippen LogP contribution in [0.2, 0.25) is 0 Å². The molecule has 0 amide bonds. The molecule has 0 radical (unpaired) electrons. The van der Waals surface area contributed by atoms with Crippen LogP contribution >= 0.6 is 0 Å². The Morgan fingerprint density at radius 2 is 2.07 bits per heavy atom. The van der Waals surface area contributed by atoms with Gasteiger partial charge in [0.15, 0.2) is 5.58 Å². The Hall–Kier alpha value is -1.71. The first-order chi connectivity index (χ1) is 7.34. The summed E-state index contributed by atoms with van der Waals surface area (Å²) >= 11 is 0. The molecule has 1 aromatic heterocycles. The third kappa shape index (κ3) is 1.33. The molecule has 78 valence electrons. The zero-order valence-corrected chi connectivity index (χ0v) is 8.32. The number of aromatic nitrogens is 1. The van der Waals surface area contributed by atoms with Gasteiger partial charge >= 0.3 is 5.76 Å². The van der Waals surface area contributed by atoms with E-state index in [-0.39, 0.29) is 5.76 Å². The summed E-state index contributed by atoms with van der Waals surface area (Å²) in [5, 5.41) is 0. The minimum absolute atomic E-state index is 0.378. The lowest BCUT2D eigenvalue weighted by atomic mass is 10.2. The first-order valence-electron chi connectivity index (χ1n) is 5.21. The molecule has 2 heterocycles. The summed E-state index contributed by atoms with van der Waals surface area (Å²) < 4.78 is 5.16. The molecule has 1 aromatic carbocycles. The Bertz CT molecular complexity index is 535. The molecule has 15 heavy (non-hydrogen) atoms. The van der Waals surface area contributed by atoms with Crippen LogP contribution in [0.4, 0.5) is 5.69 Å². The fourth-order valence-corrected chi connectivity index (χ4v) is 2.17. The van der Waals surface area contributed by atoms with Gasteiger partial charge in [0.05, 0.1) is 11.2 Å². The van der Waals surface area contributed by atoms with Crippen molar-refractivity contribution in [2.75, 3.05) is 18.0 Å². The molecule has 0 bridgehead atoms. The number of fused-ring (bicyclic) bond motifs is 1. The zero-order valence-electron chi connectivity index (χ0n) is 8.32. The first-order valence-corrected chi connectivity index (χ1v) is 5.21. The Morgan fingerprint density at radius 3 is 2.87 bits per heavy atom. The van der Waals surface area contributed by atoms with Gasteiger partial charge in [-0.2, -0.15) is 0 Å². The minimum Gasteiger partial charge on any atom is -0.406 e. The van der Waals surface area contributed by atoms with Crippen LogP contribution in [0.15, 0.2) is 27.4 Å². The van der Waals surface area contributed by atoms with Gasteiger partial charge in [0.2, 0.25) is 0 Å². The fourth-order valence-electron chi connectivity index (χ4n) is 2.17. The largest absolute Gasteiger partial charge is 0.417 e. The number of para-hydroxylation sites is 1. The van der Waals surface area contributed by atoms with Gasteiger partial charge in [-0.1, -0.05) is 6.07 Å². The van der Waals surface area contributed by atoms with Crippen molar-refractivity contribution in [2.45, 2.75) is 12.8 Å². The third-order valence-electron chi connectivity index (χ3n) is 2.87. The number of H-pyrrole nitrogens is 1. The van der Waals surface area contributed by atoms with Crippen LogP contribution in [0.5, 0.6) is 0 Å². The van der Waals surface area contributed by atoms with Gasteiger partial charge in [-0.25, -0.2) is 4.79 Å². The summed E-state index contributed by atoms with van der Waals surface area (Å²) in [5.41, 5.74) is 2.50. The maximum Gasteiger partial charge on any atom is 0.417 e. The summed E-state index contributed by atoms with van der Waals surface area (Å²) in [6.45, 7) is 2.10. The Labute approximate surface area is 86.5 Å². The minimum atomic E-state index is -0.378. The van der Waals surface area contributed by atoms with Crippen LogP contribution in [0, 0.1) is 0 Å².